The molecule has 0 atom stereocenters. The molecule has 0 aliphatic carbocycles. The van der Waals surface area contributed by atoms with E-state index in [0.29, 0.717) is 0 Å². The summed E-state index contributed by atoms with van der Waals surface area (Å²) in [5.74, 6) is 0. The highest BCUT2D eigenvalue weighted by Crippen LogP contribution is 2.22. The van der Waals surface area contributed by atoms with Crippen LogP contribution in [0.5, 0.6) is 0 Å². The van der Waals surface area contributed by atoms with Crippen molar-refractivity contribution < 1.29 is 0 Å². The maximum atomic E-state index is 3.79. The van der Waals surface area contributed by atoms with Gasteiger partial charge in [-0.2, -0.15) is 0 Å². The standard InChI is InChI=1S/C16H13N/c1-2-13-8-9-16-10-15(12-17(16)11-13)14-6-4-3-5-7-14/h2-12H,1H2. The van der Waals surface area contributed by atoms with Gasteiger partial charge in [-0.3, -0.25) is 0 Å². The molecule has 0 amide bonds. The summed E-state index contributed by atoms with van der Waals surface area (Å²) in [7, 11) is 0. The van der Waals surface area contributed by atoms with Crippen LogP contribution in [0.4, 0.5) is 0 Å². The Morgan fingerprint density at radius 2 is 1.71 bits per heavy atom. The molecule has 0 saturated heterocycles. The topological polar surface area (TPSA) is 4.41 Å². The largest absolute Gasteiger partial charge is 0.323 e. The second-order valence-electron chi connectivity index (χ2n) is 4.09. The Balaban J connectivity index is 2.17. The Labute approximate surface area is 101 Å². The molecule has 0 unspecified atom stereocenters. The Morgan fingerprint density at radius 1 is 0.882 bits per heavy atom. The van der Waals surface area contributed by atoms with Crippen molar-refractivity contribution >= 4 is 11.6 Å². The van der Waals surface area contributed by atoms with Crippen molar-refractivity contribution in [2.45, 2.75) is 0 Å². The van der Waals surface area contributed by atoms with Crippen molar-refractivity contribution in [3.63, 3.8) is 0 Å². The van der Waals surface area contributed by atoms with Crippen LogP contribution in [-0.2, 0) is 0 Å². The third-order valence-electron chi connectivity index (χ3n) is 2.96. The van der Waals surface area contributed by atoms with Crippen LogP contribution in [0.1, 0.15) is 5.56 Å². The van der Waals surface area contributed by atoms with E-state index in [0.717, 1.165) is 5.56 Å². The van der Waals surface area contributed by atoms with Crippen LogP contribution in [0.25, 0.3) is 22.7 Å². The van der Waals surface area contributed by atoms with Crippen molar-refractivity contribution in [2.75, 3.05) is 0 Å². The second kappa shape index (κ2) is 3.95. The molecule has 0 aliphatic rings. The second-order valence-corrected chi connectivity index (χ2v) is 4.09. The Morgan fingerprint density at radius 3 is 2.47 bits per heavy atom. The van der Waals surface area contributed by atoms with Crippen molar-refractivity contribution in [3.05, 3.63) is 73.1 Å². The molecule has 3 aromatic rings. The minimum Gasteiger partial charge on any atom is -0.323 e. The first-order valence-corrected chi connectivity index (χ1v) is 5.66. The summed E-state index contributed by atoms with van der Waals surface area (Å²) in [5.41, 5.74) is 4.82. The van der Waals surface area contributed by atoms with Crippen LogP contribution in [0, 0.1) is 0 Å². The quantitative estimate of drug-likeness (QED) is 0.607. The lowest BCUT2D eigenvalue weighted by Gasteiger charge is -1.96. The number of aromatic nitrogens is 1. The van der Waals surface area contributed by atoms with Gasteiger partial charge in [0.25, 0.3) is 0 Å². The van der Waals surface area contributed by atoms with Crippen molar-refractivity contribution in [1.82, 2.24) is 4.40 Å². The minimum atomic E-state index is 1.13. The first-order chi connectivity index (χ1) is 8.36. The average molecular weight is 219 g/mol. The summed E-state index contributed by atoms with van der Waals surface area (Å²) in [4.78, 5) is 0. The molecule has 0 aliphatic heterocycles. The molecule has 0 radical (unpaired) electrons. The minimum absolute atomic E-state index is 1.13. The molecule has 1 heteroatoms. The molecular formula is C16H13N. The smallest absolute Gasteiger partial charge is 0.0456 e. The van der Waals surface area contributed by atoms with Gasteiger partial charge in [0.15, 0.2) is 0 Å². The fraction of sp³-hybridized carbons (Fsp3) is 0. The lowest BCUT2D eigenvalue weighted by atomic mass is 10.1. The van der Waals surface area contributed by atoms with Crippen LogP contribution in [0.3, 0.4) is 0 Å². The number of rotatable bonds is 2. The van der Waals surface area contributed by atoms with Crippen LogP contribution in [-0.4, -0.2) is 4.40 Å². The number of fused-ring (bicyclic) bond motifs is 1. The van der Waals surface area contributed by atoms with Crippen molar-refractivity contribution in [3.8, 4) is 11.1 Å². The summed E-state index contributed by atoms with van der Waals surface area (Å²) >= 11 is 0. The van der Waals surface area contributed by atoms with E-state index < -0.39 is 0 Å². The molecular weight excluding hydrogens is 206 g/mol. The zero-order valence-corrected chi connectivity index (χ0v) is 9.51. The molecule has 3 rings (SSSR count). The number of hydrogen-bond acceptors (Lipinski definition) is 0. The van der Waals surface area contributed by atoms with Gasteiger partial charge in [-0.1, -0.05) is 49.1 Å². The SMILES string of the molecule is C=Cc1ccc2cc(-c3ccccc3)cn2c1. The predicted molar refractivity (Wildman–Crippen MR) is 72.9 cm³/mol. The van der Waals surface area contributed by atoms with Gasteiger partial charge in [-0.05, 0) is 23.3 Å². The zero-order chi connectivity index (χ0) is 11.7. The number of pyridine rings is 1. The summed E-state index contributed by atoms with van der Waals surface area (Å²) < 4.78 is 2.14. The van der Waals surface area contributed by atoms with E-state index in [1.165, 1.54) is 16.6 Å². The molecule has 0 spiro atoms. The molecule has 2 heterocycles. The van der Waals surface area contributed by atoms with E-state index in [1.54, 1.807) is 0 Å². The third kappa shape index (κ3) is 1.76. The third-order valence-corrected chi connectivity index (χ3v) is 2.96. The number of nitrogens with zero attached hydrogens (tertiary/aromatic N) is 1. The van der Waals surface area contributed by atoms with Crippen LogP contribution >= 0.6 is 0 Å². The van der Waals surface area contributed by atoms with Crippen LogP contribution < -0.4 is 0 Å². The van der Waals surface area contributed by atoms with E-state index in [4.69, 9.17) is 0 Å². The molecule has 17 heavy (non-hydrogen) atoms. The lowest BCUT2D eigenvalue weighted by Crippen LogP contribution is -1.81. The lowest BCUT2D eigenvalue weighted by molar-refractivity contribution is 1.19. The zero-order valence-electron chi connectivity index (χ0n) is 9.51. The summed E-state index contributed by atoms with van der Waals surface area (Å²) in [6.07, 6.45) is 6.11. The van der Waals surface area contributed by atoms with E-state index in [9.17, 15) is 0 Å². The fourth-order valence-corrected chi connectivity index (χ4v) is 2.04. The predicted octanol–water partition coefficient (Wildman–Crippen LogP) is 4.25. The van der Waals surface area contributed by atoms with Gasteiger partial charge >= 0.3 is 0 Å². The summed E-state index contributed by atoms with van der Waals surface area (Å²) in [6.45, 7) is 3.79. The Bertz CT molecular complexity index is 662. The number of benzene rings is 1. The van der Waals surface area contributed by atoms with Gasteiger partial charge in [0.05, 0.1) is 0 Å². The van der Waals surface area contributed by atoms with Gasteiger partial charge in [0.1, 0.15) is 0 Å². The Kier molecular flexibility index (Phi) is 2.30. The van der Waals surface area contributed by atoms with E-state index in [-0.39, 0.29) is 0 Å². The van der Waals surface area contributed by atoms with Crippen LogP contribution in [0.2, 0.25) is 0 Å². The van der Waals surface area contributed by atoms with Gasteiger partial charge in [0.2, 0.25) is 0 Å². The molecule has 0 saturated carbocycles. The number of hydrogen-bond donors (Lipinski definition) is 0. The van der Waals surface area contributed by atoms with Crippen molar-refractivity contribution in [1.29, 1.82) is 0 Å². The van der Waals surface area contributed by atoms with E-state index in [1.807, 2.05) is 12.1 Å². The maximum absolute atomic E-state index is 3.79. The first-order valence-electron chi connectivity index (χ1n) is 5.66. The monoisotopic (exact) mass is 219 g/mol. The van der Waals surface area contributed by atoms with Crippen molar-refractivity contribution in [2.24, 2.45) is 0 Å². The molecule has 0 bridgehead atoms. The van der Waals surface area contributed by atoms with Gasteiger partial charge < -0.3 is 4.40 Å². The summed E-state index contributed by atoms with van der Waals surface area (Å²) in [5, 5.41) is 0. The molecule has 1 aromatic carbocycles. The fourth-order valence-electron chi connectivity index (χ4n) is 2.04. The first kappa shape index (κ1) is 9.91. The molecule has 1 nitrogen and oxygen atoms in total. The van der Waals surface area contributed by atoms with Crippen LogP contribution in [0.15, 0.2) is 67.5 Å². The highest BCUT2D eigenvalue weighted by molar-refractivity contribution is 5.70. The summed E-state index contributed by atoms with van der Waals surface area (Å²) in [6, 6.07) is 16.8. The normalized spacial score (nSPS) is 10.6. The van der Waals surface area contributed by atoms with Gasteiger partial charge in [-0.15, -0.1) is 0 Å². The maximum Gasteiger partial charge on any atom is 0.0456 e. The average Bonchev–Trinajstić information content (AvgIpc) is 2.82. The molecule has 0 N–H and O–H groups in total. The molecule has 0 fully saturated rings. The van der Waals surface area contributed by atoms with E-state index >= 15 is 0 Å². The molecule has 82 valence electrons. The van der Waals surface area contributed by atoms with Gasteiger partial charge in [-0.25, -0.2) is 0 Å². The molecule has 2 aromatic heterocycles. The highest BCUT2D eigenvalue weighted by Gasteiger charge is 2.01. The van der Waals surface area contributed by atoms with E-state index in [2.05, 4.69) is 65.8 Å². The highest BCUT2D eigenvalue weighted by atomic mass is 14.9. The Hall–Kier alpha value is -2.28. The van der Waals surface area contributed by atoms with Gasteiger partial charge in [0, 0.05) is 23.5 Å².